The van der Waals surface area contributed by atoms with Gasteiger partial charge in [-0.2, -0.15) is 0 Å². The summed E-state index contributed by atoms with van der Waals surface area (Å²) in [6, 6.07) is 12.6. The molecule has 0 aliphatic rings. The van der Waals surface area contributed by atoms with E-state index in [1.165, 1.54) is 11.8 Å². The number of halogens is 1. The first-order chi connectivity index (χ1) is 12.5. The molecular weight excluding hydrogens is 370 g/mol. The molecule has 0 saturated heterocycles. The van der Waals surface area contributed by atoms with Crippen LogP contribution in [-0.2, 0) is 9.53 Å². The van der Waals surface area contributed by atoms with Crippen LogP contribution >= 0.6 is 23.4 Å². The number of esters is 1. The molecule has 2 aromatic rings. The highest BCUT2D eigenvalue weighted by Gasteiger charge is 2.20. The number of nitrogens with one attached hydrogen (secondary N) is 1. The maximum Gasteiger partial charge on any atom is 0.338 e. The van der Waals surface area contributed by atoms with Crippen molar-refractivity contribution in [3.63, 3.8) is 0 Å². The van der Waals surface area contributed by atoms with Gasteiger partial charge in [-0.15, -0.1) is 11.8 Å². The predicted octanol–water partition coefficient (Wildman–Crippen LogP) is 5.33. The number of carbonyl (C=O) groups is 2. The molecule has 0 bridgehead atoms. The van der Waals surface area contributed by atoms with Crippen LogP contribution in [0.1, 0.15) is 36.2 Å². The van der Waals surface area contributed by atoms with Gasteiger partial charge < -0.3 is 10.1 Å². The lowest BCUT2D eigenvalue weighted by Crippen LogP contribution is -2.25. The molecule has 1 amide bonds. The smallest absolute Gasteiger partial charge is 0.338 e. The first-order valence-electron chi connectivity index (χ1n) is 8.46. The molecule has 1 atom stereocenters. The lowest BCUT2D eigenvalue weighted by molar-refractivity contribution is -0.115. The summed E-state index contributed by atoms with van der Waals surface area (Å²) in [5.74, 6) is -0.486. The van der Waals surface area contributed by atoms with Gasteiger partial charge in [-0.3, -0.25) is 4.79 Å². The molecule has 6 heteroatoms. The lowest BCUT2D eigenvalue weighted by atomic mass is 10.1. The van der Waals surface area contributed by atoms with Crippen LogP contribution in [0.15, 0.2) is 47.4 Å². The van der Waals surface area contributed by atoms with Crippen molar-refractivity contribution in [3.8, 4) is 0 Å². The molecule has 0 heterocycles. The van der Waals surface area contributed by atoms with Gasteiger partial charge in [-0.1, -0.05) is 24.6 Å². The van der Waals surface area contributed by atoms with E-state index in [-0.39, 0.29) is 17.1 Å². The zero-order chi connectivity index (χ0) is 19.1. The van der Waals surface area contributed by atoms with E-state index >= 15 is 0 Å². The number of benzene rings is 2. The molecule has 0 radical (unpaired) electrons. The zero-order valence-corrected chi connectivity index (χ0v) is 16.6. The Hall–Kier alpha value is -1.98. The Morgan fingerprint density at radius 3 is 2.46 bits per heavy atom. The van der Waals surface area contributed by atoms with E-state index in [1.54, 1.807) is 32.0 Å². The molecule has 2 aromatic carbocycles. The molecule has 0 fully saturated rings. The maximum atomic E-state index is 12.7. The van der Waals surface area contributed by atoms with E-state index in [1.807, 2.05) is 31.2 Å². The van der Waals surface area contributed by atoms with Crippen molar-refractivity contribution in [3.05, 3.63) is 58.6 Å². The average Bonchev–Trinajstić information content (AvgIpc) is 2.63. The number of thioether (sulfide) groups is 1. The Labute approximate surface area is 163 Å². The second-order valence-electron chi connectivity index (χ2n) is 5.66. The molecule has 1 N–H and O–H groups in total. The maximum absolute atomic E-state index is 12.7. The van der Waals surface area contributed by atoms with Gasteiger partial charge in [0, 0.05) is 15.6 Å². The number of carbonyl (C=O) groups excluding carboxylic acids is 2. The van der Waals surface area contributed by atoms with E-state index in [0.717, 1.165) is 4.90 Å². The molecule has 26 heavy (non-hydrogen) atoms. The minimum absolute atomic E-state index is 0.100. The van der Waals surface area contributed by atoms with Crippen molar-refractivity contribution in [1.82, 2.24) is 0 Å². The normalized spacial score (nSPS) is 11.7. The molecular formula is C20H22ClNO3S. The molecule has 2 rings (SSSR count). The van der Waals surface area contributed by atoms with E-state index in [2.05, 4.69) is 5.32 Å². The van der Waals surface area contributed by atoms with Crippen molar-refractivity contribution >= 4 is 40.9 Å². The minimum atomic E-state index is -0.385. The summed E-state index contributed by atoms with van der Waals surface area (Å²) < 4.78 is 5.06. The van der Waals surface area contributed by atoms with Crippen LogP contribution in [0.4, 0.5) is 5.69 Å². The van der Waals surface area contributed by atoms with Crippen molar-refractivity contribution in [2.24, 2.45) is 0 Å². The SMILES string of the molecule is CCOC(=O)c1cccc(NC(=O)C(CC)Sc2ccc(Cl)cc2)c1C. The molecule has 4 nitrogen and oxygen atoms in total. The van der Waals surface area contributed by atoms with Gasteiger partial charge in [-0.05, 0) is 62.2 Å². The fourth-order valence-corrected chi connectivity index (χ4v) is 3.49. The van der Waals surface area contributed by atoms with Gasteiger partial charge in [0.15, 0.2) is 0 Å². The van der Waals surface area contributed by atoms with Crippen LogP contribution in [0.3, 0.4) is 0 Å². The monoisotopic (exact) mass is 391 g/mol. The molecule has 0 spiro atoms. The van der Waals surface area contributed by atoms with Gasteiger partial charge in [0.2, 0.25) is 5.91 Å². The topological polar surface area (TPSA) is 55.4 Å². The average molecular weight is 392 g/mol. The summed E-state index contributed by atoms with van der Waals surface area (Å²) >= 11 is 7.39. The molecule has 0 aliphatic heterocycles. The number of ether oxygens (including phenoxy) is 1. The predicted molar refractivity (Wildman–Crippen MR) is 107 cm³/mol. The number of anilines is 1. The second kappa shape index (κ2) is 9.64. The summed E-state index contributed by atoms with van der Waals surface area (Å²) in [6.07, 6.45) is 0.676. The highest BCUT2D eigenvalue weighted by atomic mass is 35.5. The molecule has 0 aromatic heterocycles. The number of amides is 1. The number of rotatable bonds is 7. The number of hydrogen-bond acceptors (Lipinski definition) is 4. The molecule has 0 aliphatic carbocycles. The highest BCUT2D eigenvalue weighted by molar-refractivity contribution is 8.00. The third-order valence-corrected chi connectivity index (χ3v) is 5.47. The Morgan fingerprint density at radius 2 is 1.85 bits per heavy atom. The molecule has 138 valence electrons. The fourth-order valence-electron chi connectivity index (χ4n) is 2.41. The van der Waals surface area contributed by atoms with Gasteiger partial charge in [0.05, 0.1) is 17.4 Å². The van der Waals surface area contributed by atoms with Gasteiger partial charge >= 0.3 is 5.97 Å². The molecule has 0 saturated carbocycles. The quantitative estimate of drug-likeness (QED) is 0.511. The van der Waals surface area contributed by atoms with Gasteiger partial charge in [-0.25, -0.2) is 4.79 Å². The Kier molecular flexibility index (Phi) is 7.54. The van der Waals surface area contributed by atoms with Crippen LogP contribution in [0.5, 0.6) is 0 Å². The summed E-state index contributed by atoms with van der Waals surface area (Å²) in [4.78, 5) is 25.7. The van der Waals surface area contributed by atoms with Crippen molar-refractivity contribution < 1.29 is 14.3 Å². The van der Waals surface area contributed by atoms with Crippen LogP contribution in [-0.4, -0.2) is 23.7 Å². The largest absolute Gasteiger partial charge is 0.462 e. The van der Waals surface area contributed by atoms with E-state index in [0.29, 0.717) is 34.9 Å². The van der Waals surface area contributed by atoms with E-state index < -0.39 is 0 Å². The first-order valence-corrected chi connectivity index (χ1v) is 9.71. The van der Waals surface area contributed by atoms with Crippen molar-refractivity contribution in [2.45, 2.75) is 37.3 Å². The zero-order valence-electron chi connectivity index (χ0n) is 15.0. The van der Waals surface area contributed by atoms with Crippen molar-refractivity contribution in [1.29, 1.82) is 0 Å². The first kappa shape index (κ1) is 20.3. The van der Waals surface area contributed by atoms with E-state index in [9.17, 15) is 9.59 Å². The summed E-state index contributed by atoms with van der Waals surface area (Å²) in [6.45, 7) is 5.84. The highest BCUT2D eigenvalue weighted by Crippen LogP contribution is 2.28. The Morgan fingerprint density at radius 1 is 1.15 bits per heavy atom. The van der Waals surface area contributed by atoms with Crippen LogP contribution in [0.2, 0.25) is 5.02 Å². The second-order valence-corrected chi connectivity index (χ2v) is 7.37. The summed E-state index contributed by atoms with van der Waals surface area (Å²) in [5.41, 5.74) is 1.78. The lowest BCUT2D eigenvalue weighted by Gasteiger charge is -2.17. The Balaban J connectivity index is 2.13. The third kappa shape index (κ3) is 5.26. The summed E-state index contributed by atoms with van der Waals surface area (Å²) in [5, 5.41) is 3.35. The van der Waals surface area contributed by atoms with Crippen LogP contribution < -0.4 is 5.32 Å². The third-order valence-electron chi connectivity index (χ3n) is 3.84. The van der Waals surface area contributed by atoms with Crippen LogP contribution in [0, 0.1) is 6.92 Å². The molecule has 1 unspecified atom stereocenters. The summed E-state index contributed by atoms with van der Waals surface area (Å²) in [7, 11) is 0. The minimum Gasteiger partial charge on any atom is -0.462 e. The van der Waals surface area contributed by atoms with Crippen LogP contribution in [0.25, 0.3) is 0 Å². The fraction of sp³-hybridized carbons (Fsp3) is 0.300. The van der Waals surface area contributed by atoms with E-state index in [4.69, 9.17) is 16.3 Å². The van der Waals surface area contributed by atoms with Gasteiger partial charge in [0.1, 0.15) is 0 Å². The number of hydrogen-bond donors (Lipinski definition) is 1. The van der Waals surface area contributed by atoms with Crippen molar-refractivity contribution in [2.75, 3.05) is 11.9 Å². The Bertz CT molecular complexity index is 777. The standard InChI is InChI=1S/C20H22ClNO3S/c1-4-18(26-15-11-9-14(21)10-12-15)19(23)22-17-8-6-7-16(13(17)3)20(24)25-5-2/h6-12,18H,4-5H2,1-3H3,(H,22,23). The van der Waals surface area contributed by atoms with Gasteiger partial charge in [0.25, 0.3) is 0 Å².